The third-order valence-electron chi connectivity index (χ3n) is 5.23. The number of hydrogen-bond donors (Lipinski definition) is 2. The van der Waals surface area contributed by atoms with E-state index in [-0.39, 0.29) is 6.54 Å². The summed E-state index contributed by atoms with van der Waals surface area (Å²) in [6, 6.07) is 7.40. The van der Waals surface area contributed by atoms with Gasteiger partial charge in [-0.05, 0) is 56.0 Å². The fourth-order valence-corrected chi connectivity index (χ4v) is 3.42. The maximum atomic E-state index is 11.8. The number of rotatable bonds is 8. The third-order valence-corrected chi connectivity index (χ3v) is 5.23. The molecule has 0 radical (unpaired) electrons. The number of nitrogens with two attached hydrogens (primary N) is 1. The molecule has 166 valence electrons. The highest BCUT2D eigenvalue weighted by molar-refractivity contribution is 6.00. The Hall–Kier alpha value is -3.77. The highest BCUT2D eigenvalue weighted by atomic mass is 16.3. The Morgan fingerprint density at radius 1 is 1.44 bits per heavy atom. The average molecular weight is 434 g/mol. The Balaban J connectivity index is 2.12. The van der Waals surface area contributed by atoms with Gasteiger partial charge in [0.05, 0.1) is 47.8 Å². The number of imidazole rings is 1. The normalized spacial score (nSPS) is 12.2. The molecule has 0 aliphatic carbocycles. The van der Waals surface area contributed by atoms with Crippen LogP contribution in [0.25, 0.3) is 22.3 Å². The maximum absolute atomic E-state index is 11.8. The van der Waals surface area contributed by atoms with Gasteiger partial charge in [-0.3, -0.25) is 0 Å². The number of aliphatic hydroxyl groups excluding tert-OH is 1. The molecule has 32 heavy (non-hydrogen) atoms. The molecule has 1 atom stereocenters. The number of aryl methyl sites for hydroxylation is 3. The molecule has 0 bridgehead atoms. The Bertz CT molecular complexity index is 1190. The van der Waals surface area contributed by atoms with Gasteiger partial charge >= 0.3 is 6.03 Å². The number of nitriles is 1. The molecule has 3 N–H and O–H groups in total. The minimum Gasteiger partial charge on any atom is -0.393 e. The highest BCUT2D eigenvalue weighted by Gasteiger charge is 2.13. The molecule has 1 aromatic carbocycles. The molecule has 2 amide bonds. The molecule has 9 heteroatoms. The Kier molecular flexibility index (Phi) is 7.18. The van der Waals surface area contributed by atoms with Crippen LogP contribution in [0.3, 0.4) is 0 Å². The fourth-order valence-electron chi connectivity index (χ4n) is 3.42. The van der Waals surface area contributed by atoms with Gasteiger partial charge in [-0.1, -0.05) is 0 Å². The van der Waals surface area contributed by atoms with Gasteiger partial charge in [-0.25, -0.2) is 19.8 Å². The molecule has 2 heterocycles. The monoisotopic (exact) mass is 433 g/mol. The van der Waals surface area contributed by atoms with E-state index in [1.165, 1.54) is 0 Å². The molecule has 0 aliphatic rings. The second-order valence-corrected chi connectivity index (χ2v) is 7.78. The van der Waals surface area contributed by atoms with Crippen LogP contribution in [-0.4, -0.2) is 49.5 Å². The largest absolute Gasteiger partial charge is 0.393 e. The van der Waals surface area contributed by atoms with Crippen molar-refractivity contribution in [2.45, 2.75) is 39.2 Å². The van der Waals surface area contributed by atoms with Crippen molar-refractivity contribution in [2.24, 2.45) is 17.9 Å². The number of hydrazone groups is 1. The zero-order chi connectivity index (χ0) is 23.3. The van der Waals surface area contributed by atoms with Gasteiger partial charge in [-0.15, -0.1) is 0 Å². The van der Waals surface area contributed by atoms with Gasteiger partial charge in [-0.2, -0.15) is 10.4 Å². The summed E-state index contributed by atoms with van der Waals surface area (Å²) >= 11 is 0. The molecule has 3 aromatic rings. The first-order chi connectivity index (χ1) is 15.3. The van der Waals surface area contributed by atoms with Gasteiger partial charge < -0.3 is 15.4 Å². The summed E-state index contributed by atoms with van der Waals surface area (Å²) in [6.07, 6.45) is 5.87. The molecule has 2 aromatic heterocycles. The predicted molar refractivity (Wildman–Crippen MR) is 123 cm³/mol. The summed E-state index contributed by atoms with van der Waals surface area (Å²) < 4.78 is 1.88. The van der Waals surface area contributed by atoms with Gasteiger partial charge in [0.1, 0.15) is 0 Å². The lowest BCUT2D eigenvalue weighted by molar-refractivity contribution is 0.161. The summed E-state index contributed by atoms with van der Waals surface area (Å²) in [5, 5.41) is 24.8. The quantitative estimate of drug-likeness (QED) is 0.416. The third kappa shape index (κ3) is 5.28. The summed E-state index contributed by atoms with van der Waals surface area (Å²) in [7, 11) is 1.89. The van der Waals surface area contributed by atoms with E-state index >= 15 is 0 Å². The van der Waals surface area contributed by atoms with Crippen LogP contribution in [0.5, 0.6) is 0 Å². The lowest BCUT2D eigenvalue weighted by Gasteiger charge is -2.16. The second kappa shape index (κ2) is 10.0. The number of aromatic nitrogens is 3. The van der Waals surface area contributed by atoms with E-state index in [9.17, 15) is 9.90 Å². The van der Waals surface area contributed by atoms with E-state index in [1.807, 2.05) is 36.7 Å². The molecule has 9 nitrogen and oxygen atoms in total. The molecule has 0 saturated heterocycles. The number of benzene rings is 1. The maximum Gasteiger partial charge on any atom is 0.335 e. The Morgan fingerprint density at radius 3 is 2.84 bits per heavy atom. The number of carbonyl (C=O) groups is 1. The van der Waals surface area contributed by atoms with Gasteiger partial charge in [0.25, 0.3) is 0 Å². The lowest BCUT2D eigenvalue weighted by Crippen LogP contribution is -2.33. The van der Waals surface area contributed by atoms with Crippen LogP contribution in [0.15, 0.2) is 35.8 Å². The molecule has 0 fully saturated rings. The lowest BCUT2D eigenvalue weighted by atomic mass is 9.98. The first kappa shape index (κ1) is 22.9. The van der Waals surface area contributed by atoms with Crippen molar-refractivity contribution in [3.05, 3.63) is 47.4 Å². The number of urea groups is 1. The van der Waals surface area contributed by atoms with Crippen molar-refractivity contribution < 1.29 is 9.90 Å². The number of carbonyl (C=O) groups excluding carboxylic acids is 1. The van der Waals surface area contributed by atoms with E-state index in [0.29, 0.717) is 19.3 Å². The second-order valence-electron chi connectivity index (χ2n) is 7.78. The minimum atomic E-state index is -0.697. The van der Waals surface area contributed by atoms with E-state index < -0.39 is 12.1 Å². The van der Waals surface area contributed by atoms with Crippen molar-refractivity contribution >= 4 is 23.1 Å². The van der Waals surface area contributed by atoms with Crippen molar-refractivity contribution in [3.63, 3.8) is 0 Å². The molecule has 0 spiro atoms. The number of aliphatic hydroxyl groups is 1. The van der Waals surface area contributed by atoms with E-state index in [2.05, 4.69) is 16.2 Å². The number of pyridine rings is 1. The van der Waals surface area contributed by atoms with Crippen LogP contribution in [0, 0.1) is 18.3 Å². The van der Waals surface area contributed by atoms with E-state index in [0.717, 1.165) is 44.0 Å². The minimum absolute atomic E-state index is 0.202. The SMILES string of the molecule is Cc1cc2nc(-c3cncn3C)cc(/C=N/N(CCC(C)O)C(N)=O)c2cc1CCC#N. The first-order valence-corrected chi connectivity index (χ1v) is 10.4. The number of fused-ring (bicyclic) bond motifs is 1. The topological polar surface area (TPSA) is 133 Å². The number of nitrogens with zero attached hydrogens (tertiary/aromatic N) is 6. The molecular weight excluding hydrogens is 406 g/mol. The first-order valence-electron chi connectivity index (χ1n) is 10.4. The Morgan fingerprint density at radius 2 is 2.22 bits per heavy atom. The van der Waals surface area contributed by atoms with Crippen LogP contribution in [0.4, 0.5) is 4.79 Å². The molecule has 3 rings (SSSR count). The van der Waals surface area contributed by atoms with Crippen LogP contribution in [0.1, 0.15) is 36.5 Å². The standard InChI is InChI=1S/C23H27N7O2/c1-15-9-20-19(10-17(15)5-4-7-24)18(11-21(28-20)22-13-26-14-29(22)3)12-27-30(23(25)32)8-6-16(2)31/h9-14,16,31H,4-6,8H2,1-3H3,(H2,25,32)/b27-12+. The van der Waals surface area contributed by atoms with Crippen molar-refractivity contribution in [2.75, 3.05) is 6.54 Å². The number of primary amides is 1. The zero-order valence-electron chi connectivity index (χ0n) is 18.5. The van der Waals surface area contributed by atoms with Crippen LogP contribution in [0.2, 0.25) is 0 Å². The zero-order valence-corrected chi connectivity index (χ0v) is 18.5. The predicted octanol–water partition coefficient (Wildman–Crippen LogP) is 2.89. The summed E-state index contributed by atoms with van der Waals surface area (Å²) in [5.74, 6) is 0. The summed E-state index contributed by atoms with van der Waals surface area (Å²) in [4.78, 5) is 20.8. The molecular formula is C23H27N7O2. The van der Waals surface area contributed by atoms with E-state index in [1.54, 1.807) is 25.7 Å². The molecule has 0 aliphatic heterocycles. The van der Waals surface area contributed by atoms with Gasteiger partial charge in [0.15, 0.2) is 0 Å². The summed E-state index contributed by atoms with van der Waals surface area (Å²) in [5.41, 5.74) is 10.7. The van der Waals surface area contributed by atoms with Crippen LogP contribution in [-0.2, 0) is 13.5 Å². The molecule has 1 unspecified atom stereocenters. The highest BCUT2D eigenvalue weighted by Crippen LogP contribution is 2.27. The fraction of sp³-hybridized carbons (Fsp3) is 0.348. The van der Waals surface area contributed by atoms with Crippen molar-refractivity contribution in [1.29, 1.82) is 5.26 Å². The van der Waals surface area contributed by atoms with Crippen molar-refractivity contribution in [3.8, 4) is 17.5 Å². The molecule has 0 saturated carbocycles. The Labute approximate surface area is 186 Å². The number of amides is 2. The summed E-state index contributed by atoms with van der Waals surface area (Å²) in [6.45, 7) is 3.85. The smallest absolute Gasteiger partial charge is 0.335 e. The van der Waals surface area contributed by atoms with Gasteiger partial charge in [0, 0.05) is 31.0 Å². The van der Waals surface area contributed by atoms with Gasteiger partial charge in [0.2, 0.25) is 0 Å². The number of hydrogen-bond acceptors (Lipinski definition) is 6. The van der Waals surface area contributed by atoms with Crippen LogP contribution < -0.4 is 5.73 Å². The average Bonchev–Trinajstić information content (AvgIpc) is 3.17. The van der Waals surface area contributed by atoms with Crippen LogP contribution >= 0.6 is 0 Å². The van der Waals surface area contributed by atoms with E-state index in [4.69, 9.17) is 16.0 Å². The van der Waals surface area contributed by atoms with Crippen molar-refractivity contribution in [1.82, 2.24) is 19.5 Å².